The molecular weight excluding hydrogens is 287 g/mol. The maximum absolute atomic E-state index is 13.0. The quantitative estimate of drug-likeness (QED) is 0.846. The summed E-state index contributed by atoms with van der Waals surface area (Å²) in [5, 5.41) is 0. The van der Waals surface area contributed by atoms with E-state index in [0.717, 1.165) is 11.6 Å². The minimum atomic E-state index is -4.36. The lowest BCUT2D eigenvalue weighted by molar-refractivity contribution is -0.137. The summed E-state index contributed by atoms with van der Waals surface area (Å²) in [5.41, 5.74) is 6.66. The van der Waals surface area contributed by atoms with Crippen LogP contribution in [-0.2, 0) is 6.18 Å². The van der Waals surface area contributed by atoms with Crippen molar-refractivity contribution < 1.29 is 13.2 Å². The van der Waals surface area contributed by atoms with Gasteiger partial charge in [0.25, 0.3) is 0 Å². The van der Waals surface area contributed by atoms with Gasteiger partial charge in [0, 0.05) is 6.04 Å². The first-order valence-electron chi connectivity index (χ1n) is 5.92. The molecule has 0 bridgehead atoms. The lowest BCUT2D eigenvalue weighted by Gasteiger charge is -2.14. The maximum atomic E-state index is 13.0. The zero-order chi connectivity index (χ0) is 14.0. The Bertz CT molecular complexity index is 579. The number of hydrogen-bond acceptors (Lipinski definition) is 1. The maximum Gasteiger partial charge on any atom is 0.417 e. The van der Waals surface area contributed by atoms with Gasteiger partial charge in [-0.15, -0.1) is 12.4 Å². The molecule has 0 radical (unpaired) electrons. The number of rotatable bonds is 2. The molecule has 20 heavy (non-hydrogen) atoms. The summed E-state index contributed by atoms with van der Waals surface area (Å²) in [5.74, 6) is 0. The van der Waals surface area contributed by atoms with Gasteiger partial charge in [0.2, 0.25) is 0 Å². The van der Waals surface area contributed by atoms with Gasteiger partial charge in [-0.1, -0.05) is 36.4 Å². The lowest BCUT2D eigenvalue weighted by atomic mass is 9.96. The molecule has 0 aliphatic carbocycles. The summed E-state index contributed by atoms with van der Waals surface area (Å²) in [7, 11) is 0. The van der Waals surface area contributed by atoms with Crippen LogP contribution in [0.4, 0.5) is 13.2 Å². The largest absolute Gasteiger partial charge is 0.417 e. The standard InChI is InChI=1S/C15H14F3N.ClH/c1-10(19)11-5-4-6-12(9-11)13-7-2-3-8-14(13)15(16,17)18;/h2-10H,19H2,1H3;1H/t10-;/m0./s1. The SMILES string of the molecule is C[C@H](N)c1cccc(-c2ccccc2C(F)(F)F)c1.Cl. The summed E-state index contributed by atoms with van der Waals surface area (Å²) in [4.78, 5) is 0. The number of halogens is 4. The Morgan fingerprint density at radius 1 is 1.00 bits per heavy atom. The Balaban J connectivity index is 0.00000200. The van der Waals surface area contributed by atoms with Crippen LogP contribution in [0.2, 0.25) is 0 Å². The van der Waals surface area contributed by atoms with Crippen molar-refractivity contribution in [3.63, 3.8) is 0 Å². The van der Waals surface area contributed by atoms with Crippen molar-refractivity contribution in [2.24, 2.45) is 5.73 Å². The highest BCUT2D eigenvalue weighted by Gasteiger charge is 2.33. The molecule has 0 unspecified atom stereocenters. The Hall–Kier alpha value is -1.52. The molecule has 2 N–H and O–H groups in total. The molecule has 0 saturated carbocycles. The van der Waals surface area contributed by atoms with Gasteiger partial charge in [-0.2, -0.15) is 13.2 Å². The van der Waals surface area contributed by atoms with Crippen molar-refractivity contribution in [1.29, 1.82) is 0 Å². The summed E-state index contributed by atoms with van der Waals surface area (Å²) in [6, 6.07) is 12.2. The molecule has 2 aromatic carbocycles. The number of alkyl halides is 3. The van der Waals surface area contributed by atoms with Crippen LogP contribution in [0.3, 0.4) is 0 Å². The van der Waals surface area contributed by atoms with Gasteiger partial charge in [0.15, 0.2) is 0 Å². The van der Waals surface area contributed by atoms with Crippen molar-refractivity contribution in [2.75, 3.05) is 0 Å². The minimum Gasteiger partial charge on any atom is -0.324 e. The van der Waals surface area contributed by atoms with Gasteiger partial charge in [0.05, 0.1) is 5.56 Å². The average molecular weight is 302 g/mol. The predicted octanol–water partition coefficient (Wildman–Crippen LogP) is 4.81. The molecule has 0 heterocycles. The van der Waals surface area contributed by atoms with Crippen LogP contribution in [0.1, 0.15) is 24.1 Å². The predicted molar refractivity (Wildman–Crippen MR) is 76.7 cm³/mol. The third-order valence-electron chi connectivity index (χ3n) is 2.96. The molecule has 2 aromatic rings. The van der Waals surface area contributed by atoms with E-state index in [9.17, 15) is 13.2 Å². The molecule has 5 heteroatoms. The normalized spacial score (nSPS) is 12.7. The number of benzene rings is 2. The monoisotopic (exact) mass is 301 g/mol. The fourth-order valence-corrected chi connectivity index (χ4v) is 1.97. The smallest absolute Gasteiger partial charge is 0.324 e. The van der Waals surface area contributed by atoms with Crippen molar-refractivity contribution in [3.8, 4) is 11.1 Å². The highest BCUT2D eigenvalue weighted by Crippen LogP contribution is 2.37. The molecule has 0 aromatic heterocycles. The molecule has 0 saturated heterocycles. The molecule has 0 spiro atoms. The van der Waals surface area contributed by atoms with E-state index in [0.29, 0.717) is 5.56 Å². The highest BCUT2D eigenvalue weighted by molar-refractivity contribution is 5.85. The molecule has 108 valence electrons. The van der Waals surface area contributed by atoms with Crippen LogP contribution < -0.4 is 5.73 Å². The Labute approximate surface area is 122 Å². The molecule has 1 atom stereocenters. The van der Waals surface area contributed by atoms with E-state index in [4.69, 9.17) is 5.73 Å². The molecule has 0 aliphatic rings. The van der Waals surface area contributed by atoms with Gasteiger partial charge in [-0.05, 0) is 35.7 Å². The third-order valence-corrected chi connectivity index (χ3v) is 2.96. The van der Waals surface area contributed by atoms with Crippen LogP contribution in [0, 0.1) is 0 Å². The number of hydrogen-bond donors (Lipinski definition) is 1. The second kappa shape index (κ2) is 6.29. The topological polar surface area (TPSA) is 26.0 Å². The van der Waals surface area contributed by atoms with E-state index in [1.54, 1.807) is 31.2 Å². The van der Waals surface area contributed by atoms with E-state index >= 15 is 0 Å². The summed E-state index contributed by atoms with van der Waals surface area (Å²) in [6.07, 6.45) is -4.36. The van der Waals surface area contributed by atoms with E-state index < -0.39 is 11.7 Å². The zero-order valence-corrected chi connectivity index (χ0v) is 11.6. The molecule has 0 fully saturated rings. The van der Waals surface area contributed by atoms with Crippen LogP contribution >= 0.6 is 12.4 Å². The van der Waals surface area contributed by atoms with E-state index in [2.05, 4.69) is 0 Å². The summed E-state index contributed by atoms with van der Waals surface area (Å²) < 4.78 is 38.9. The van der Waals surface area contributed by atoms with Gasteiger partial charge in [-0.3, -0.25) is 0 Å². The van der Waals surface area contributed by atoms with Crippen LogP contribution in [0.5, 0.6) is 0 Å². The molecular formula is C15H15ClF3N. The highest BCUT2D eigenvalue weighted by atomic mass is 35.5. The van der Waals surface area contributed by atoms with Gasteiger partial charge < -0.3 is 5.73 Å². The first kappa shape index (κ1) is 16.5. The van der Waals surface area contributed by atoms with Crippen LogP contribution in [0.25, 0.3) is 11.1 Å². The molecule has 2 rings (SSSR count). The molecule has 0 aliphatic heterocycles. The van der Waals surface area contributed by atoms with Gasteiger partial charge in [0.1, 0.15) is 0 Å². The first-order chi connectivity index (χ1) is 8.89. The average Bonchev–Trinajstić information content (AvgIpc) is 2.38. The first-order valence-corrected chi connectivity index (χ1v) is 5.92. The van der Waals surface area contributed by atoms with Gasteiger partial charge >= 0.3 is 6.18 Å². The van der Waals surface area contributed by atoms with Crippen LogP contribution in [-0.4, -0.2) is 0 Å². The van der Waals surface area contributed by atoms with Crippen LogP contribution in [0.15, 0.2) is 48.5 Å². The molecule has 0 amide bonds. The van der Waals surface area contributed by atoms with Crippen molar-refractivity contribution in [3.05, 3.63) is 59.7 Å². The number of nitrogens with two attached hydrogens (primary N) is 1. The van der Waals surface area contributed by atoms with Crippen molar-refractivity contribution in [1.82, 2.24) is 0 Å². The van der Waals surface area contributed by atoms with E-state index in [1.807, 2.05) is 6.07 Å². The second-order valence-corrected chi connectivity index (χ2v) is 4.46. The zero-order valence-electron chi connectivity index (χ0n) is 10.8. The van der Waals surface area contributed by atoms with E-state index in [1.165, 1.54) is 12.1 Å². The Morgan fingerprint density at radius 2 is 1.65 bits per heavy atom. The third kappa shape index (κ3) is 3.52. The van der Waals surface area contributed by atoms with Gasteiger partial charge in [-0.25, -0.2) is 0 Å². The second-order valence-electron chi connectivity index (χ2n) is 4.46. The summed E-state index contributed by atoms with van der Waals surface area (Å²) >= 11 is 0. The fourth-order valence-electron chi connectivity index (χ4n) is 1.97. The Kier molecular flexibility index (Phi) is 5.20. The molecule has 1 nitrogen and oxygen atoms in total. The summed E-state index contributed by atoms with van der Waals surface area (Å²) in [6.45, 7) is 1.80. The van der Waals surface area contributed by atoms with Crippen molar-refractivity contribution in [2.45, 2.75) is 19.1 Å². The fraction of sp³-hybridized carbons (Fsp3) is 0.200. The Morgan fingerprint density at radius 3 is 2.25 bits per heavy atom. The van der Waals surface area contributed by atoms with E-state index in [-0.39, 0.29) is 24.0 Å². The van der Waals surface area contributed by atoms with Crippen molar-refractivity contribution >= 4 is 12.4 Å². The minimum absolute atomic E-state index is 0. The lowest BCUT2D eigenvalue weighted by Crippen LogP contribution is -2.08.